The minimum atomic E-state index is 0.366. The second kappa shape index (κ2) is 5.69. The van der Waals surface area contributed by atoms with Crippen LogP contribution in [0.2, 0.25) is 0 Å². The topological polar surface area (TPSA) is 25.2 Å². The highest BCUT2D eigenvalue weighted by molar-refractivity contribution is 5.31. The normalized spacial score (nSPS) is 22.9. The monoisotopic (exact) mass is 283 g/mol. The highest BCUT2D eigenvalue weighted by atomic mass is 16.3. The molecule has 1 unspecified atom stereocenters. The fraction of sp³-hybridized carbons (Fsp3) is 0.474. The van der Waals surface area contributed by atoms with Crippen molar-refractivity contribution in [2.75, 3.05) is 0 Å². The van der Waals surface area contributed by atoms with E-state index in [1.54, 1.807) is 0 Å². The van der Waals surface area contributed by atoms with Gasteiger partial charge in [0.25, 0.3) is 0 Å². The van der Waals surface area contributed by atoms with Crippen molar-refractivity contribution < 1.29 is 4.42 Å². The first kappa shape index (κ1) is 14.4. The van der Waals surface area contributed by atoms with Gasteiger partial charge in [0.1, 0.15) is 11.5 Å². The Morgan fingerprint density at radius 2 is 1.86 bits per heavy atom. The highest BCUT2D eigenvalue weighted by Gasteiger charge is 2.32. The summed E-state index contributed by atoms with van der Waals surface area (Å²) in [7, 11) is 0. The molecule has 1 aliphatic carbocycles. The van der Waals surface area contributed by atoms with E-state index in [2.05, 4.69) is 56.4 Å². The largest absolute Gasteiger partial charge is 0.466 e. The second-order valence-corrected chi connectivity index (χ2v) is 6.48. The van der Waals surface area contributed by atoms with Gasteiger partial charge < -0.3 is 9.73 Å². The molecule has 1 atom stereocenters. The average molecular weight is 283 g/mol. The number of hydrogen-bond acceptors (Lipinski definition) is 2. The number of furan rings is 1. The van der Waals surface area contributed by atoms with Gasteiger partial charge in [0, 0.05) is 17.6 Å². The molecular weight excluding hydrogens is 258 g/mol. The van der Waals surface area contributed by atoms with E-state index in [0.717, 1.165) is 17.4 Å². The van der Waals surface area contributed by atoms with E-state index >= 15 is 0 Å². The molecule has 1 saturated carbocycles. The number of hydrogen-bond donors (Lipinski definition) is 1. The van der Waals surface area contributed by atoms with Crippen LogP contribution in [-0.4, -0.2) is 6.04 Å². The third kappa shape index (κ3) is 2.91. The van der Waals surface area contributed by atoms with Crippen LogP contribution in [0.1, 0.15) is 59.9 Å². The molecule has 1 N–H and O–H groups in total. The Balaban J connectivity index is 1.58. The lowest BCUT2D eigenvalue weighted by Gasteiger charge is -2.38. The Bertz CT molecular complexity index is 622. The van der Waals surface area contributed by atoms with Gasteiger partial charge in [-0.25, -0.2) is 0 Å². The van der Waals surface area contributed by atoms with Crippen LogP contribution in [0.5, 0.6) is 0 Å². The van der Waals surface area contributed by atoms with Crippen LogP contribution in [0.3, 0.4) is 0 Å². The van der Waals surface area contributed by atoms with Crippen molar-refractivity contribution in [3.8, 4) is 0 Å². The maximum atomic E-state index is 5.64. The van der Waals surface area contributed by atoms with Crippen molar-refractivity contribution in [1.29, 1.82) is 0 Å². The van der Waals surface area contributed by atoms with Crippen LogP contribution in [0.25, 0.3) is 0 Å². The van der Waals surface area contributed by atoms with Gasteiger partial charge in [-0.3, -0.25) is 0 Å². The lowest BCUT2D eigenvalue weighted by Crippen LogP contribution is -2.41. The molecule has 0 bridgehead atoms. The summed E-state index contributed by atoms with van der Waals surface area (Å²) in [5.74, 6) is 2.77. The number of nitrogens with one attached hydrogen (secondary N) is 1. The van der Waals surface area contributed by atoms with Gasteiger partial charge in [-0.15, -0.1) is 0 Å². The van der Waals surface area contributed by atoms with Gasteiger partial charge in [-0.1, -0.05) is 24.3 Å². The molecule has 1 heterocycles. The molecule has 2 heteroatoms. The summed E-state index contributed by atoms with van der Waals surface area (Å²) >= 11 is 0. The van der Waals surface area contributed by atoms with Crippen molar-refractivity contribution in [1.82, 2.24) is 5.32 Å². The standard InChI is InChI=1S/C19H25NO/c1-12-7-5-6-8-18(12)16-10-17(11-16)20-14(3)19-9-13(2)21-15(19)4/h5-9,14,16-17,20H,10-11H2,1-4H3. The minimum absolute atomic E-state index is 0.366. The van der Waals surface area contributed by atoms with Gasteiger partial charge in [-0.2, -0.15) is 0 Å². The molecule has 0 aliphatic heterocycles. The van der Waals surface area contributed by atoms with E-state index in [1.165, 1.54) is 29.5 Å². The maximum Gasteiger partial charge on any atom is 0.105 e. The molecule has 0 spiro atoms. The molecule has 3 rings (SSSR count). The first-order valence-electron chi connectivity index (χ1n) is 7.93. The Labute approximate surface area is 127 Å². The van der Waals surface area contributed by atoms with Gasteiger partial charge in [0.2, 0.25) is 0 Å². The molecule has 1 aromatic carbocycles. The summed E-state index contributed by atoms with van der Waals surface area (Å²) in [5, 5.41) is 3.75. The van der Waals surface area contributed by atoms with E-state index in [1.807, 2.05) is 6.92 Å². The van der Waals surface area contributed by atoms with Crippen molar-refractivity contribution in [2.45, 2.75) is 58.5 Å². The summed E-state index contributed by atoms with van der Waals surface area (Å²) in [5.41, 5.74) is 4.25. The van der Waals surface area contributed by atoms with E-state index in [9.17, 15) is 0 Å². The zero-order valence-electron chi connectivity index (χ0n) is 13.4. The van der Waals surface area contributed by atoms with Crippen molar-refractivity contribution in [2.24, 2.45) is 0 Å². The molecule has 2 aromatic rings. The number of aryl methyl sites for hydroxylation is 3. The van der Waals surface area contributed by atoms with Crippen LogP contribution in [0.4, 0.5) is 0 Å². The molecule has 0 radical (unpaired) electrons. The summed E-state index contributed by atoms with van der Waals surface area (Å²) in [4.78, 5) is 0. The van der Waals surface area contributed by atoms with Gasteiger partial charge >= 0.3 is 0 Å². The molecule has 0 amide bonds. The van der Waals surface area contributed by atoms with Crippen molar-refractivity contribution >= 4 is 0 Å². The molecule has 1 aromatic heterocycles. The fourth-order valence-electron chi connectivity index (χ4n) is 3.58. The third-order valence-corrected chi connectivity index (χ3v) is 4.80. The molecule has 0 saturated heterocycles. The smallest absolute Gasteiger partial charge is 0.105 e. The molecule has 1 aliphatic rings. The van der Waals surface area contributed by atoms with E-state index in [-0.39, 0.29) is 0 Å². The summed E-state index contributed by atoms with van der Waals surface area (Å²) in [6.45, 7) is 8.52. The molecule has 112 valence electrons. The van der Waals surface area contributed by atoms with E-state index in [4.69, 9.17) is 4.42 Å². The van der Waals surface area contributed by atoms with Crippen LogP contribution >= 0.6 is 0 Å². The third-order valence-electron chi connectivity index (χ3n) is 4.80. The fourth-order valence-corrected chi connectivity index (χ4v) is 3.58. The molecular formula is C19H25NO. The average Bonchev–Trinajstić information content (AvgIpc) is 2.73. The summed E-state index contributed by atoms with van der Waals surface area (Å²) in [6.07, 6.45) is 2.48. The summed E-state index contributed by atoms with van der Waals surface area (Å²) in [6, 6.07) is 11.9. The van der Waals surface area contributed by atoms with Crippen LogP contribution in [-0.2, 0) is 0 Å². The minimum Gasteiger partial charge on any atom is -0.466 e. The molecule has 21 heavy (non-hydrogen) atoms. The first-order valence-corrected chi connectivity index (χ1v) is 7.93. The van der Waals surface area contributed by atoms with Gasteiger partial charge in [0.15, 0.2) is 0 Å². The van der Waals surface area contributed by atoms with Crippen LogP contribution < -0.4 is 5.32 Å². The highest BCUT2D eigenvalue weighted by Crippen LogP contribution is 2.39. The lowest BCUT2D eigenvalue weighted by molar-refractivity contribution is 0.269. The van der Waals surface area contributed by atoms with E-state index < -0.39 is 0 Å². The number of benzene rings is 1. The SMILES string of the molecule is Cc1cc(C(C)NC2CC(c3ccccc3C)C2)c(C)o1. The number of rotatable bonds is 4. The predicted molar refractivity (Wildman–Crippen MR) is 86.7 cm³/mol. The Kier molecular flexibility index (Phi) is 3.90. The van der Waals surface area contributed by atoms with Crippen LogP contribution in [0, 0.1) is 20.8 Å². The zero-order valence-corrected chi connectivity index (χ0v) is 13.4. The molecule has 1 fully saturated rings. The van der Waals surface area contributed by atoms with Gasteiger partial charge in [0.05, 0.1) is 0 Å². The first-order chi connectivity index (χ1) is 10.0. The Hall–Kier alpha value is -1.54. The summed E-state index contributed by atoms with van der Waals surface area (Å²) < 4.78 is 5.64. The Morgan fingerprint density at radius 3 is 2.48 bits per heavy atom. The quantitative estimate of drug-likeness (QED) is 0.871. The van der Waals surface area contributed by atoms with Crippen LogP contribution in [0.15, 0.2) is 34.7 Å². The lowest BCUT2D eigenvalue weighted by atomic mass is 9.74. The Morgan fingerprint density at radius 1 is 1.14 bits per heavy atom. The van der Waals surface area contributed by atoms with Crippen molar-refractivity contribution in [3.05, 3.63) is 58.5 Å². The van der Waals surface area contributed by atoms with Crippen molar-refractivity contribution in [3.63, 3.8) is 0 Å². The van der Waals surface area contributed by atoms with E-state index in [0.29, 0.717) is 12.1 Å². The van der Waals surface area contributed by atoms with Gasteiger partial charge in [-0.05, 0) is 63.6 Å². The maximum absolute atomic E-state index is 5.64. The zero-order chi connectivity index (χ0) is 15.0. The second-order valence-electron chi connectivity index (χ2n) is 6.48. The predicted octanol–water partition coefficient (Wildman–Crippen LogP) is 4.80. The molecule has 2 nitrogen and oxygen atoms in total.